The van der Waals surface area contributed by atoms with Crippen molar-refractivity contribution in [2.75, 3.05) is 18.9 Å². The highest BCUT2D eigenvalue weighted by Gasteiger charge is 1.98. The lowest BCUT2D eigenvalue weighted by Crippen LogP contribution is -2.05. The van der Waals surface area contributed by atoms with E-state index in [1.807, 2.05) is 55.5 Å². The highest BCUT2D eigenvalue weighted by atomic mass is 16.5. The lowest BCUT2D eigenvalue weighted by Gasteiger charge is -2.09. The minimum absolute atomic E-state index is 0.635. The molecule has 0 saturated heterocycles. The van der Waals surface area contributed by atoms with E-state index >= 15 is 0 Å². The van der Waals surface area contributed by atoms with Crippen LogP contribution in [0.2, 0.25) is 0 Å². The van der Waals surface area contributed by atoms with Crippen LogP contribution in [0.1, 0.15) is 12.0 Å². The molecule has 0 bridgehead atoms. The highest BCUT2D eigenvalue weighted by molar-refractivity contribution is 5.41. The molecule has 0 amide bonds. The fourth-order valence-electron chi connectivity index (χ4n) is 1.71. The second-order valence-electron chi connectivity index (χ2n) is 4.39. The van der Waals surface area contributed by atoms with E-state index in [2.05, 4.69) is 0 Å². The molecule has 0 aliphatic carbocycles. The molecular weight excluding hydrogens is 238 g/mol. The number of nitrogens with two attached hydrogens (primary N) is 1. The summed E-state index contributed by atoms with van der Waals surface area (Å²) >= 11 is 0. The number of anilines is 1. The molecule has 0 saturated carbocycles. The molecule has 2 aromatic rings. The number of nitrogen functional groups attached to an aromatic ring is 1. The Bertz CT molecular complexity index is 508. The quantitative estimate of drug-likeness (QED) is 0.637. The van der Waals surface area contributed by atoms with Crippen molar-refractivity contribution >= 4 is 5.69 Å². The summed E-state index contributed by atoms with van der Waals surface area (Å²) in [6.07, 6.45) is 0.846. The van der Waals surface area contributed by atoms with Gasteiger partial charge in [0.25, 0.3) is 0 Å². The minimum Gasteiger partial charge on any atom is -0.493 e. The van der Waals surface area contributed by atoms with Gasteiger partial charge in [0.1, 0.15) is 11.5 Å². The fraction of sp³-hybridized carbons (Fsp3) is 0.250. The van der Waals surface area contributed by atoms with Crippen LogP contribution >= 0.6 is 0 Å². The van der Waals surface area contributed by atoms with Gasteiger partial charge in [-0.3, -0.25) is 0 Å². The van der Waals surface area contributed by atoms with Crippen molar-refractivity contribution in [2.24, 2.45) is 0 Å². The van der Waals surface area contributed by atoms with E-state index in [-0.39, 0.29) is 0 Å². The van der Waals surface area contributed by atoms with Crippen LogP contribution in [0, 0.1) is 6.92 Å². The van der Waals surface area contributed by atoms with E-state index in [9.17, 15) is 0 Å². The molecule has 2 N–H and O–H groups in total. The van der Waals surface area contributed by atoms with Crippen molar-refractivity contribution in [1.29, 1.82) is 0 Å². The summed E-state index contributed by atoms with van der Waals surface area (Å²) in [5, 5.41) is 0. The first-order valence-corrected chi connectivity index (χ1v) is 6.42. The highest BCUT2D eigenvalue weighted by Crippen LogP contribution is 2.16. The van der Waals surface area contributed by atoms with Crippen LogP contribution in [0.15, 0.2) is 48.5 Å². The molecule has 19 heavy (non-hydrogen) atoms. The summed E-state index contributed by atoms with van der Waals surface area (Å²) in [5.74, 6) is 1.78. The molecule has 0 fully saturated rings. The van der Waals surface area contributed by atoms with E-state index in [1.165, 1.54) is 0 Å². The normalized spacial score (nSPS) is 10.2. The lowest BCUT2D eigenvalue weighted by molar-refractivity contribution is 0.246. The third kappa shape index (κ3) is 4.21. The van der Waals surface area contributed by atoms with Gasteiger partial charge in [-0.2, -0.15) is 0 Å². The molecule has 0 unspecified atom stereocenters. The maximum absolute atomic E-state index is 5.69. The standard InChI is InChI=1S/C16H19NO2/c1-13-5-2-3-6-16(13)19-12-4-11-18-15-9-7-14(17)8-10-15/h2-3,5-10H,4,11-12,17H2,1H3. The zero-order chi connectivity index (χ0) is 13.5. The predicted molar refractivity (Wildman–Crippen MR) is 77.6 cm³/mol. The Kier molecular flexibility index (Phi) is 4.67. The maximum Gasteiger partial charge on any atom is 0.122 e. The maximum atomic E-state index is 5.69. The van der Waals surface area contributed by atoms with Crippen molar-refractivity contribution < 1.29 is 9.47 Å². The molecule has 2 rings (SSSR count). The monoisotopic (exact) mass is 257 g/mol. The van der Waals surface area contributed by atoms with Gasteiger partial charge in [0.15, 0.2) is 0 Å². The number of hydrogen-bond donors (Lipinski definition) is 1. The summed E-state index contributed by atoms with van der Waals surface area (Å²) in [7, 11) is 0. The van der Waals surface area contributed by atoms with Gasteiger partial charge in [-0.25, -0.2) is 0 Å². The third-order valence-corrected chi connectivity index (χ3v) is 2.79. The first-order chi connectivity index (χ1) is 9.25. The van der Waals surface area contributed by atoms with Crippen LogP contribution in [0.4, 0.5) is 5.69 Å². The zero-order valence-corrected chi connectivity index (χ0v) is 11.1. The third-order valence-electron chi connectivity index (χ3n) is 2.79. The van der Waals surface area contributed by atoms with Crippen molar-refractivity contribution in [3.8, 4) is 11.5 Å². The van der Waals surface area contributed by atoms with Crippen LogP contribution < -0.4 is 15.2 Å². The molecule has 0 aromatic heterocycles. The van der Waals surface area contributed by atoms with E-state index < -0.39 is 0 Å². The van der Waals surface area contributed by atoms with Gasteiger partial charge in [-0.15, -0.1) is 0 Å². The van der Waals surface area contributed by atoms with Gasteiger partial charge in [0.2, 0.25) is 0 Å². The molecule has 100 valence electrons. The van der Waals surface area contributed by atoms with Crippen LogP contribution in [0.25, 0.3) is 0 Å². The number of rotatable bonds is 6. The Hall–Kier alpha value is -2.16. The van der Waals surface area contributed by atoms with Crippen LogP contribution in [0.5, 0.6) is 11.5 Å². The topological polar surface area (TPSA) is 44.5 Å². The summed E-state index contributed by atoms with van der Waals surface area (Å²) in [4.78, 5) is 0. The average Bonchev–Trinajstić information content (AvgIpc) is 2.42. The number of hydrogen-bond acceptors (Lipinski definition) is 3. The molecule has 0 aliphatic rings. The van der Waals surface area contributed by atoms with Gasteiger partial charge < -0.3 is 15.2 Å². The molecule has 0 aliphatic heterocycles. The van der Waals surface area contributed by atoms with Crippen molar-refractivity contribution in [3.05, 3.63) is 54.1 Å². The van der Waals surface area contributed by atoms with E-state index in [0.717, 1.165) is 29.2 Å². The van der Waals surface area contributed by atoms with Crippen LogP contribution in [0.3, 0.4) is 0 Å². The molecule has 0 heterocycles. The molecule has 0 atom stereocenters. The van der Waals surface area contributed by atoms with Crippen LogP contribution in [-0.4, -0.2) is 13.2 Å². The average molecular weight is 257 g/mol. The van der Waals surface area contributed by atoms with Gasteiger partial charge in [-0.05, 0) is 42.8 Å². The number of aryl methyl sites for hydroxylation is 1. The molecule has 3 heteroatoms. The summed E-state index contributed by atoms with van der Waals surface area (Å²) in [5.41, 5.74) is 7.51. The Labute approximate surface area is 114 Å². The summed E-state index contributed by atoms with van der Waals surface area (Å²) < 4.78 is 11.3. The van der Waals surface area contributed by atoms with Crippen molar-refractivity contribution in [2.45, 2.75) is 13.3 Å². The molecule has 2 aromatic carbocycles. The largest absolute Gasteiger partial charge is 0.493 e. The Morgan fingerprint density at radius 3 is 2.32 bits per heavy atom. The van der Waals surface area contributed by atoms with Crippen molar-refractivity contribution in [1.82, 2.24) is 0 Å². The number of para-hydroxylation sites is 1. The molecule has 0 spiro atoms. The minimum atomic E-state index is 0.635. The number of benzene rings is 2. The lowest BCUT2D eigenvalue weighted by atomic mass is 10.2. The van der Waals surface area contributed by atoms with Gasteiger partial charge in [0, 0.05) is 12.1 Å². The Morgan fingerprint density at radius 2 is 1.58 bits per heavy atom. The Balaban J connectivity index is 1.67. The second-order valence-corrected chi connectivity index (χ2v) is 4.39. The fourth-order valence-corrected chi connectivity index (χ4v) is 1.71. The smallest absolute Gasteiger partial charge is 0.122 e. The SMILES string of the molecule is Cc1ccccc1OCCCOc1ccc(N)cc1. The Morgan fingerprint density at radius 1 is 0.895 bits per heavy atom. The zero-order valence-electron chi connectivity index (χ0n) is 11.1. The van der Waals surface area contributed by atoms with Gasteiger partial charge in [-0.1, -0.05) is 18.2 Å². The van der Waals surface area contributed by atoms with E-state index in [0.29, 0.717) is 13.2 Å². The molecule has 0 radical (unpaired) electrons. The van der Waals surface area contributed by atoms with Gasteiger partial charge >= 0.3 is 0 Å². The van der Waals surface area contributed by atoms with E-state index in [1.54, 1.807) is 0 Å². The molecular formula is C16H19NO2. The van der Waals surface area contributed by atoms with Crippen LogP contribution in [-0.2, 0) is 0 Å². The summed E-state index contributed by atoms with van der Waals surface area (Å²) in [6, 6.07) is 15.4. The summed E-state index contributed by atoms with van der Waals surface area (Å²) in [6.45, 7) is 3.33. The number of ether oxygens (including phenoxy) is 2. The molecule has 3 nitrogen and oxygen atoms in total. The van der Waals surface area contributed by atoms with Crippen molar-refractivity contribution in [3.63, 3.8) is 0 Å². The second kappa shape index (κ2) is 6.69. The van der Waals surface area contributed by atoms with E-state index in [4.69, 9.17) is 15.2 Å². The van der Waals surface area contributed by atoms with Gasteiger partial charge in [0.05, 0.1) is 13.2 Å². The predicted octanol–water partition coefficient (Wildman–Crippen LogP) is 3.43. The first-order valence-electron chi connectivity index (χ1n) is 6.42. The first kappa shape index (κ1) is 13.3.